The predicted molar refractivity (Wildman–Crippen MR) is 126 cm³/mol. The largest absolute Gasteiger partial charge is 0.457 e. The maximum absolute atomic E-state index is 14.4. The van der Waals surface area contributed by atoms with E-state index in [4.69, 9.17) is 9.05 Å². The first-order valence-corrected chi connectivity index (χ1v) is 12.6. The standard InChI is InChI=1S/C22H16F3N4O5PS/c23-22(24,25)20-27-28-21(36-20)26-19(15-11-13-16(14-12-15)29(30)31)35(32,33-17-7-3-1-4-8-17)34-18-9-5-2-6-10-18/h1-14,19H,(H,26,28). The zero-order valence-electron chi connectivity index (χ0n) is 18.0. The normalized spacial score (nSPS) is 12.5. The average Bonchev–Trinajstić information content (AvgIpc) is 3.33. The molecular formula is C22H16F3N4O5PS. The minimum atomic E-state index is -4.73. The molecule has 1 atom stereocenters. The maximum atomic E-state index is 14.4. The van der Waals surface area contributed by atoms with Gasteiger partial charge in [-0.05, 0) is 42.0 Å². The second-order valence-electron chi connectivity index (χ2n) is 7.15. The lowest BCUT2D eigenvalue weighted by molar-refractivity contribution is -0.384. The summed E-state index contributed by atoms with van der Waals surface area (Å²) < 4.78 is 65.3. The highest BCUT2D eigenvalue weighted by Crippen LogP contribution is 2.60. The number of nitrogens with one attached hydrogen (secondary N) is 1. The molecule has 4 aromatic rings. The van der Waals surface area contributed by atoms with Gasteiger partial charge in [-0.2, -0.15) is 13.2 Å². The number of non-ortho nitro benzene ring substituents is 1. The van der Waals surface area contributed by atoms with Gasteiger partial charge in [-0.3, -0.25) is 10.1 Å². The lowest BCUT2D eigenvalue weighted by Gasteiger charge is -2.28. The van der Waals surface area contributed by atoms with Crippen LogP contribution >= 0.6 is 18.9 Å². The van der Waals surface area contributed by atoms with E-state index in [1.54, 1.807) is 36.4 Å². The number of hydrogen-bond acceptors (Lipinski definition) is 9. The predicted octanol–water partition coefficient (Wildman–Crippen LogP) is 6.93. The Morgan fingerprint density at radius 3 is 1.86 bits per heavy atom. The zero-order chi connectivity index (χ0) is 25.8. The van der Waals surface area contributed by atoms with E-state index in [9.17, 15) is 27.9 Å². The molecule has 9 nitrogen and oxygen atoms in total. The molecule has 0 saturated carbocycles. The molecule has 36 heavy (non-hydrogen) atoms. The number of nitro benzene ring substituents is 1. The summed E-state index contributed by atoms with van der Waals surface area (Å²) in [5, 5.41) is 18.9. The third-order valence-electron chi connectivity index (χ3n) is 4.62. The van der Waals surface area contributed by atoms with Crippen LogP contribution in [0.2, 0.25) is 0 Å². The van der Waals surface area contributed by atoms with Crippen LogP contribution in [0, 0.1) is 10.1 Å². The van der Waals surface area contributed by atoms with E-state index in [-0.39, 0.29) is 39.2 Å². The molecule has 0 fully saturated rings. The van der Waals surface area contributed by atoms with Gasteiger partial charge >= 0.3 is 13.8 Å². The number of anilines is 1. The van der Waals surface area contributed by atoms with Gasteiger partial charge in [0.2, 0.25) is 10.1 Å². The van der Waals surface area contributed by atoms with Gasteiger partial charge < -0.3 is 14.4 Å². The first-order chi connectivity index (χ1) is 17.1. The fourth-order valence-corrected chi connectivity index (χ4v) is 5.64. The minimum Gasteiger partial charge on any atom is -0.414 e. The van der Waals surface area contributed by atoms with Gasteiger partial charge in [0.05, 0.1) is 4.92 Å². The molecule has 1 aromatic heterocycles. The quantitative estimate of drug-likeness (QED) is 0.139. The highest BCUT2D eigenvalue weighted by molar-refractivity contribution is 7.55. The van der Waals surface area contributed by atoms with E-state index in [1.165, 1.54) is 48.5 Å². The zero-order valence-corrected chi connectivity index (χ0v) is 19.7. The van der Waals surface area contributed by atoms with Crippen LogP contribution < -0.4 is 14.4 Å². The number of aromatic nitrogens is 2. The summed E-state index contributed by atoms with van der Waals surface area (Å²) >= 11 is 0.201. The number of benzene rings is 3. The van der Waals surface area contributed by atoms with Crippen molar-refractivity contribution in [3.05, 3.63) is 106 Å². The molecule has 186 valence electrons. The van der Waals surface area contributed by atoms with E-state index < -0.39 is 29.5 Å². The Kier molecular flexibility index (Phi) is 7.22. The topological polar surface area (TPSA) is 116 Å². The minimum absolute atomic E-state index is 0.165. The van der Waals surface area contributed by atoms with Crippen molar-refractivity contribution in [2.45, 2.75) is 12.0 Å². The Morgan fingerprint density at radius 2 is 1.42 bits per heavy atom. The Bertz CT molecular complexity index is 1330. The first-order valence-electron chi connectivity index (χ1n) is 10.1. The van der Waals surface area contributed by atoms with Crippen molar-refractivity contribution in [1.29, 1.82) is 0 Å². The third kappa shape index (κ3) is 5.99. The SMILES string of the molecule is O=[N+]([O-])c1ccc(C(Nc2nnc(C(F)(F)F)s2)P(=O)(Oc2ccccc2)Oc2ccccc2)cc1. The first kappa shape index (κ1) is 25.1. The van der Waals surface area contributed by atoms with E-state index in [0.717, 1.165) is 0 Å². The molecule has 0 amide bonds. The van der Waals surface area contributed by atoms with Crippen molar-refractivity contribution < 1.29 is 31.7 Å². The van der Waals surface area contributed by atoms with Crippen molar-refractivity contribution >= 4 is 29.8 Å². The molecule has 0 saturated heterocycles. The molecule has 0 spiro atoms. The van der Waals surface area contributed by atoms with Gasteiger partial charge in [-0.1, -0.05) is 47.7 Å². The number of nitrogens with zero attached hydrogens (tertiary/aromatic N) is 3. The Labute approximate surface area is 206 Å². The van der Waals surface area contributed by atoms with Gasteiger partial charge in [-0.25, -0.2) is 4.57 Å². The summed E-state index contributed by atoms with van der Waals surface area (Å²) in [6, 6.07) is 21.0. The van der Waals surface area contributed by atoms with Gasteiger partial charge in [0.15, 0.2) is 5.78 Å². The Balaban J connectivity index is 1.80. The molecule has 0 aliphatic carbocycles. The smallest absolute Gasteiger partial charge is 0.414 e. The van der Waals surface area contributed by atoms with Crippen LogP contribution in [-0.4, -0.2) is 15.1 Å². The number of rotatable bonds is 9. The van der Waals surface area contributed by atoms with Crippen molar-refractivity contribution in [1.82, 2.24) is 10.2 Å². The molecule has 0 aliphatic heterocycles. The molecule has 4 rings (SSSR count). The van der Waals surface area contributed by atoms with Crippen LogP contribution in [0.3, 0.4) is 0 Å². The van der Waals surface area contributed by atoms with Crippen LogP contribution in [-0.2, 0) is 10.7 Å². The lowest BCUT2D eigenvalue weighted by atomic mass is 10.2. The molecule has 3 aromatic carbocycles. The van der Waals surface area contributed by atoms with Crippen LogP contribution in [0.1, 0.15) is 16.4 Å². The molecule has 1 unspecified atom stereocenters. The van der Waals surface area contributed by atoms with E-state index in [1.807, 2.05) is 0 Å². The summed E-state index contributed by atoms with van der Waals surface area (Å²) in [5.41, 5.74) is -0.0601. The molecule has 0 bridgehead atoms. The number of alkyl halides is 3. The van der Waals surface area contributed by atoms with Crippen LogP contribution in [0.5, 0.6) is 11.5 Å². The van der Waals surface area contributed by atoms with Gasteiger partial charge in [0, 0.05) is 12.1 Å². The number of halogens is 3. The van der Waals surface area contributed by atoms with Crippen molar-refractivity contribution in [2.75, 3.05) is 5.32 Å². The summed E-state index contributed by atoms with van der Waals surface area (Å²) in [6.07, 6.45) is -4.73. The Morgan fingerprint density at radius 1 is 0.889 bits per heavy atom. The van der Waals surface area contributed by atoms with Crippen molar-refractivity contribution in [3.8, 4) is 11.5 Å². The summed E-state index contributed by atoms with van der Waals surface area (Å²) in [5.74, 6) is -1.09. The van der Waals surface area contributed by atoms with Gasteiger partial charge in [-0.15, -0.1) is 10.2 Å². The lowest BCUT2D eigenvalue weighted by Crippen LogP contribution is -2.18. The monoisotopic (exact) mass is 536 g/mol. The van der Waals surface area contributed by atoms with Gasteiger partial charge in [0.25, 0.3) is 5.69 Å². The van der Waals surface area contributed by atoms with Crippen molar-refractivity contribution in [3.63, 3.8) is 0 Å². The number of para-hydroxylation sites is 2. The van der Waals surface area contributed by atoms with Gasteiger partial charge in [0.1, 0.15) is 11.5 Å². The van der Waals surface area contributed by atoms with E-state index >= 15 is 0 Å². The highest BCUT2D eigenvalue weighted by Gasteiger charge is 2.43. The number of nitro groups is 1. The molecule has 14 heteroatoms. The number of hydrogen-bond donors (Lipinski definition) is 1. The van der Waals surface area contributed by atoms with Crippen LogP contribution in [0.4, 0.5) is 24.0 Å². The van der Waals surface area contributed by atoms with Crippen LogP contribution in [0.15, 0.2) is 84.9 Å². The molecular weight excluding hydrogens is 520 g/mol. The average molecular weight is 536 g/mol. The maximum Gasteiger partial charge on any atom is 0.457 e. The molecule has 0 radical (unpaired) electrons. The third-order valence-corrected chi connectivity index (χ3v) is 7.50. The molecule has 1 N–H and O–H groups in total. The molecule has 0 aliphatic rings. The van der Waals surface area contributed by atoms with Crippen LogP contribution in [0.25, 0.3) is 0 Å². The second-order valence-corrected chi connectivity index (χ2v) is 10.1. The second kappa shape index (κ2) is 10.3. The van der Waals surface area contributed by atoms with E-state index in [0.29, 0.717) is 0 Å². The summed E-state index contributed by atoms with van der Waals surface area (Å²) in [4.78, 5) is 10.5. The fourth-order valence-electron chi connectivity index (χ4n) is 3.02. The van der Waals surface area contributed by atoms with E-state index in [2.05, 4.69) is 15.5 Å². The fraction of sp³-hybridized carbons (Fsp3) is 0.0909. The summed E-state index contributed by atoms with van der Waals surface area (Å²) in [7, 11) is -4.35. The molecule has 1 heterocycles. The Hall–Kier alpha value is -3.96. The van der Waals surface area contributed by atoms with Crippen molar-refractivity contribution in [2.24, 2.45) is 0 Å². The summed E-state index contributed by atoms with van der Waals surface area (Å²) in [6.45, 7) is 0. The highest BCUT2D eigenvalue weighted by atomic mass is 32.1.